The number of nitrogens with one attached hydrogen (secondary N) is 2. The van der Waals surface area contributed by atoms with Crippen LogP contribution in [0.1, 0.15) is 24.2 Å². The van der Waals surface area contributed by atoms with Gasteiger partial charge >= 0.3 is 5.97 Å². The fraction of sp³-hybridized carbons (Fsp3) is 0.304. The molecule has 178 valence electrons. The van der Waals surface area contributed by atoms with E-state index < -0.39 is 23.7 Å². The molecule has 0 saturated heterocycles. The third-order valence-electron chi connectivity index (χ3n) is 4.99. The highest BCUT2D eigenvalue weighted by molar-refractivity contribution is 8.03. The molecule has 0 spiro atoms. The van der Waals surface area contributed by atoms with Gasteiger partial charge in [-0.15, -0.1) is 0 Å². The molecule has 0 bridgehead atoms. The number of hydrogen-bond donors (Lipinski definition) is 2. The molecule has 2 heterocycles. The van der Waals surface area contributed by atoms with E-state index in [9.17, 15) is 19.6 Å². The summed E-state index contributed by atoms with van der Waals surface area (Å²) >= 11 is 7.31. The standard InChI is InChI=1S/C23H22ClN3O6S/c1-3-32-17-7-6-13(9-16(17)24)19-15(10-25)22(27-21(29)20(19)23(30)31-2)34-12-18(28)26-11-14-5-4-8-33-14/h4-9,19-20H,3,11-12H2,1-2H3,(H,26,28)(H,27,29)/t19-,20-/m0/s1. The molecule has 1 aromatic heterocycles. The van der Waals surface area contributed by atoms with E-state index in [4.69, 9.17) is 25.5 Å². The van der Waals surface area contributed by atoms with Crippen LogP contribution in [-0.4, -0.2) is 37.3 Å². The molecule has 1 aromatic carbocycles. The van der Waals surface area contributed by atoms with Crippen LogP contribution >= 0.6 is 23.4 Å². The first kappa shape index (κ1) is 25.2. The third-order valence-corrected chi connectivity index (χ3v) is 6.30. The van der Waals surface area contributed by atoms with Gasteiger partial charge in [-0.1, -0.05) is 29.4 Å². The van der Waals surface area contributed by atoms with E-state index in [1.165, 1.54) is 13.4 Å². The minimum absolute atomic E-state index is 0.0683. The maximum absolute atomic E-state index is 12.9. The molecule has 9 nitrogen and oxygen atoms in total. The van der Waals surface area contributed by atoms with Crippen molar-refractivity contribution in [3.05, 3.63) is 63.5 Å². The van der Waals surface area contributed by atoms with Crippen molar-refractivity contribution >= 4 is 41.1 Å². The Balaban J connectivity index is 1.89. The SMILES string of the molecule is CCOc1ccc([C@H]2C(C#N)=C(SCC(=O)NCc3ccco3)NC(=O)[C@H]2C(=O)OC)cc1Cl. The zero-order valence-corrected chi connectivity index (χ0v) is 20.0. The lowest BCUT2D eigenvalue weighted by molar-refractivity contribution is -0.150. The summed E-state index contributed by atoms with van der Waals surface area (Å²) in [5.74, 6) is -3.04. The van der Waals surface area contributed by atoms with Gasteiger partial charge in [0.2, 0.25) is 11.8 Å². The summed E-state index contributed by atoms with van der Waals surface area (Å²) in [7, 11) is 1.17. The lowest BCUT2D eigenvalue weighted by Crippen LogP contribution is -2.44. The molecular formula is C23H22ClN3O6S. The molecule has 34 heavy (non-hydrogen) atoms. The molecule has 1 aliphatic rings. The van der Waals surface area contributed by atoms with Gasteiger partial charge < -0.3 is 24.5 Å². The second kappa shape index (κ2) is 11.6. The summed E-state index contributed by atoms with van der Waals surface area (Å²) in [5.41, 5.74) is 0.592. The highest BCUT2D eigenvalue weighted by Gasteiger charge is 2.44. The number of nitriles is 1. The van der Waals surface area contributed by atoms with Gasteiger partial charge in [-0.3, -0.25) is 14.4 Å². The maximum Gasteiger partial charge on any atom is 0.319 e. The average Bonchev–Trinajstić information content (AvgIpc) is 3.35. The van der Waals surface area contributed by atoms with Crippen LogP contribution in [0.4, 0.5) is 0 Å². The normalized spacial score (nSPS) is 17.5. The van der Waals surface area contributed by atoms with Crippen molar-refractivity contribution < 1.29 is 28.3 Å². The molecule has 11 heteroatoms. The largest absolute Gasteiger partial charge is 0.492 e. The van der Waals surface area contributed by atoms with Crippen molar-refractivity contribution in [1.29, 1.82) is 5.26 Å². The predicted molar refractivity (Wildman–Crippen MR) is 125 cm³/mol. The fourth-order valence-corrected chi connectivity index (χ4v) is 4.57. The van der Waals surface area contributed by atoms with Crippen molar-refractivity contribution in [2.45, 2.75) is 19.4 Å². The van der Waals surface area contributed by atoms with E-state index in [0.29, 0.717) is 23.7 Å². The van der Waals surface area contributed by atoms with Gasteiger partial charge in [0.15, 0.2) is 0 Å². The molecule has 2 aromatic rings. The summed E-state index contributed by atoms with van der Waals surface area (Å²) in [6.07, 6.45) is 1.50. The number of carbonyl (C=O) groups is 3. The highest BCUT2D eigenvalue weighted by atomic mass is 35.5. The Hall–Kier alpha value is -3.42. The van der Waals surface area contributed by atoms with Crippen LogP contribution in [0.2, 0.25) is 5.02 Å². The van der Waals surface area contributed by atoms with Gasteiger partial charge in [0.25, 0.3) is 0 Å². The number of nitrogens with zero attached hydrogens (tertiary/aromatic N) is 1. The van der Waals surface area contributed by atoms with Crippen LogP contribution in [0.5, 0.6) is 5.75 Å². The minimum atomic E-state index is -1.30. The van der Waals surface area contributed by atoms with Crippen LogP contribution < -0.4 is 15.4 Å². The van der Waals surface area contributed by atoms with Crippen molar-refractivity contribution in [1.82, 2.24) is 10.6 Å². The number of carbonyl (C=O) groups excluding carboxylic acids is 3. The number of esters is 1. The summed E-state index contributed by atoms with van der Waals surface area (Å²) < 4.78 is 15.5. The van der Waals surface area contributed by atoms with Crippen LogP contribution in [0, 0.1) is 17.2 Å². The first-order valence-corrected chi connectivity index (χ1v) is 11.6. The number of halogens is 1. The van der Waals surface area contributed by atoms with Gasteiger partial charge in [-0.25, -0.2) is 0 Å². The number of methoxy groups -OCH3 is 1. The van der Waals surface area contributed by atoms with Crippen molar-refractivity contribution in [3.63, 3.8) is 0 Å². The van der Waals surface area contributed by atoms with E-state index in [0.717, 1.165) is 11.8 Å². The lowest BCUT2D eigenvalue weighted by Gasteiger charge is -2.31. The fourth-order valence-electron chi connectivity index (χ4n) is 3.45. The number of thioether (sulfide) groups is 1. The van der Waals surface area contributed by atoms with Gasteiger partial charge in [0.05, 0.1) is 54.0 Å². The first-order valence-electron chi connectivity index (χ1n) is 10.3. The Kier molecular flexibility index (Phi) is 8.62. The molecule has 2 atom stereocenters. The zero-order chi connectivity index (χ0) is 24.7. The second-order valence-corrected chi connectivity index (χ2v) is 8.48. The summed E-state index contributed by atoms with van der Waals surface area (Å²) in [5, 5.41) is 15.7. The van der Waals surface area contributed by atoms with Crippen LogP contribution in [0.25, 0.3) is 0 Å². The van der Waals surface area contributed by atoms with E-state index in [2.05, 4.69) is 16.7 Å². The number of hydrogen-bond acceptors (Lipinski definition) is 8. The smallest absolute Gasteiger partial charge is 0.319 e. The van der Waals surface area contributed by atoms with Gasteiger partial charge in [0, 0.05) is 5.92 Å². The molecule has 0 unspecified atom stereocenters. The molecular weight excluding hydrogens is 482 g/mol. The Labute approximate surface area is 205 Å². The number of allylic oxidation sites excluding steroid dienone is 1. The molecule has 1 aliphatic heterocycles. The van der Waals surface area contributed by atoms with Gasteiger partial charge in [-0.2, -0.15) is 5.26 Å². The Morgan fingerprint density at radius 2 is 2.15 bits per heavy atom. The predicted octanol–water partition coefficient (Wildman–Crippen LogP) is 3.12. The molecule has 0 aliphatic carbocycles. The number of rotatable bonds is 9. The van der Waals surface area contributed by atoms with Crippen LogP contribution in [0.3, 0.4) is 0 Å². The molecule has 2 amide bonds. The van der Waals surface area contributed by atoms with E-state index in [1.54, 1.807) is 30.3 Å². The van der Waals surface area contributed by atoms with Gasteiger partial charge in [-0.05, 0) is 36.8 Å². The van der Waals surface area contributed by atoms with E-state index in [-0.39, 0.29) is 33.8 Å². The van der Waals surface area contributed by atoms with Crippen molar-refractivity contribution in [2.75, 3.05) is 19.5 Å². The molecule has 3 rings (SSSR count). The second-order valence-electron chi connectivity index (χ2n) is 7.09. The molecule has 0 saturated carbocycles. The minimum Gasteiger partial charge on any atom is -0.492 e. The Bertz CT molecular complexity index is 1140. The van der Waals surface area contributed by atoms with Crippen molar-refractivity contribution in [2.24, 2.45) is 5.92 Å². The first-order chi connectivity index (χ1) is 16.4. The van der Waals surface area contributed by atoms with Gasteiger partial charge in [0.1, 0.15) is 17.4 Å². The number of ether oxygens (including phenoxy) is 2. The van der Waals surface area contributed by atoms with Crippen LogP contribution in [-0.2, 0) is 25.7 Å². The lowest BCUT2D eigenvalue weighted by atomic mass is 9.78. The van der Waals surface area contributed by atoms with E-state index >= 15 is 0 Å². The monoisotopic (exact) mass is 503 g/mol. The zero-order valence-electron chi connectivity index (χ0n) is 18.4. The van der Waals surface area contributed by atoms with Crippen LogP contribution in [0.15, 0.2) is 51.6 Å². The number of amides is 2. The molecule has 0 radical (unpaired) electrons. The summed E-state index contributed by atoms with van der Waals surface area (Å²) in [6.45, 7) is 2.43. The molecule has 0 fully saturated rings. The summed E-state index contributed by atoms with van der Waals surface area (Å²) in [6, 6.07) is 10.3. The summed E-state index contributed by atoms with van der Waals surface area (Å²) in [4.78, 5) is 37.7. The van der Waals surface area contributed by atoms with Crippen molar-refractivity contribution in [3.8, 4) is 11.8 Å². The molecule has 2 N–H and O–H groups in total. The highest BCUT2D eigenvalue weighted by Crippen LogP contribution is 2.42. The average molecular weight is 504 g/mol. The third kappa shape index (κ3) is 5.73. The topological polar surface area (TPSA) is 131 Å². The number of furan rings is 1. The Morgan fingerprint density at radius 3 is 2.76 bits per heavy atom. The quantitative estimate of drug-likeness (QED) is 0.394. The maximum atomic E-state index is 12.9. The Morgan fingerprint density at radius 1 is 1.35 bits per heavy atom. The number of benzene rings is 1. The van der Waals surface area contributed by atoms with E-state index in [1.807, 2.05) is 6.92 Å².